The minimum absolute atomic E-state index is 0.242. The molecule has 2 rings (SSSR count). The Morgan fingerprint density at radius 1 is 1.00 bits per heavy atom. The molecule has 0 fully saturated rings. The number of ketones is 1. The first kappa shape index (κ1) is 12.4. The van der Waals surface area contributed by atoms with Gasteiger partial charge in [-0.3, -0.25) is 4.79 Å². The highest BCUT2D eigenvalue weighted by molar-refractivity contribution is 5.80. The zero-order chi connectivity index (χ0) is 12.8. The molecule has 0 amide bonds. The predicted octanol–water partition coefficient (Wildman–Crippen LogP) is 4.00. The number of para-hydroxylation sites is 1. The van der Waals surface area contributed by atoms with Crippen molar-refractivity contribution < 1.29 is 9.53 Å². The van der Waals surface area contributed by atoms with Gasteiger partial charge in [0.2, 0.25) is 0 Å². The summed E-state index contributed by atoms with van der Waals surface area (Å²) in [7, 11) is 0. The van der Waals surface area contributed by atoms with Gasteiger partial charge in [0.1, 0.15) is 17.3 Å². The van der Waals surface area contributed by atoms with E-state index in [0.29, 0.717) is 12.8 Å². The number of hydrogen-bond acceptors (Lipinski definition) is 2. The molecule has 0 unspecified atom stereocenters. The Kier molecular flexibility index (Phi) is 4.13. The third-order valence-electron chi connectivity index (χ3n) is 2.67. The molecule has 0 atom stereocenters. The van der Waals surface area contributed by atoms with Gasteiger partial charge in [-0.15, -0.1) is 0 Å². The maximum Gasteiger partial charge on any atom is 0.136 e. The molecule has 0 spiro atoms. The van der Waals surface area contributed by atoms with E-state index in [1.54, 1.807) is 0 Å². The second-order valence-corrected chi connectivity index (χ2v) is 4.13. The van der Waals surface area contributed by atoms with Gasteiger partial charge in [-0.25, -0.2) is 0 Å². The van der Waals surface area contributed by atoms with Crippen LogP contribution in [0.4, 0.5) is 0 Å². The van der Waals surface area contributed by atoms with E-state index in [2.05, 4.69) is 0 Å². The van der Waals surface area contributed by atoms with E-state index in [1.165, 1.54) is 0 Å². The number of carbonyl (C=O) groups excluding carboxylic acids is 1. The molecule has 0 saturated carbocycles. The fraction of sp³-hybridized carbons (Fsp3) is 0.188. The molecule has 0 radical (unpaired) electrons. The lowest BCUT2D eigenvalue weighted by Gasteiger charge is -2.07. The van der Waals surface area contributed by atoms with Crippen LogP contribution in [0, 0.1) is 0 Å². The van der Waals surface area contributed by atoms with Crippen LogP contribution in [0.1, 0.15) is 18.9 Å². The van der Waals surface area contributed by atoms with E-state index in [1.807, 2.05) is 61.5 Å². The molecule has 0 aliphatic rings. The first-order valence-electron chi connectivity index (χ1n) is 6.11. The summed E-state index contributed by atoms with van der Waals surface area (Å²) in [5.41, 5.74) is 0.996. The van der Waals surface area contributed by atoms with Gasteiger partial charge in [0.25, 0.3) is 0 Å². The Morgan fingerprint density at radius 3 is 2.44 bits per heavy atom. The Labute approximate surface area is 107 Å². The molecule has 92 valence electrons. The summed E-state index contributed by atoms with van der Waals surface area (Å²) in [6, 6.07) is 17.3. The molecule has 0 saturated heterocycles. The first-order valence-corrected chi connectivity index (χ1v) is 6.11. The Morgan fingerprint density at radius 2 is 1.72 bits per heavy atom. The number of carbonyl (C=O) groups is 1. The molecule has 2 nitrogen and oxygen atoms in total. The van der Waals surface area contributed by atoms with Gasteiger partial charge in [0, 0.05) is 12.8 Å². The largest absolute Gasteiger partial charge is 0.457 e. The summed E-state index contributed by atoms with van der Waals surface area (Å²) in [5, 5.41) is 0. The summed E-state index contributed by atoms with van der Waals surface area (Å²) in [5.74, 6) is 1.81. The van der Waals surface area contributed by atoms with Crippen LogP contribution in [0.25, 0.3) is 0 Å². The number of rotatable bonds is 5. The third-order valence-corrected chi connectivity index (χ3v) is 2.67. The molecule has 0 heterocycles. The molecule has 2 aromatic carbocycles. The lowest BCUT2D eigenvalue weighted by atomic mass is 10.1. The van der Waals surface area contributed by atoms with Gasteiger partial charge < -0.3 is 4.74 Å². The second kappa shape index (κ2) is 6.01. The van der Waals surface area contributed by atoms with Crippen molar-refractivity contribution in [1.29, 1.82) is 0 Å². The molecular weight excluding hydrogens is 224 g/mol. The second-order valence-electron chi connectivity index (χ2n) is 4.13. The van der Waals surface area contributed by atoms with Gasteiger partial charge in [-0.2, -0.15) is 0 Å². The van der Waals surface area contributed by atoms with Crippen LogP contribution in [0.15, 0.2) is 54.6 Å². The lowest BCUT2D eigenvalue weighted by molar-refractivity contribution is -0.118. The highest BCUT2D eigenvalue weighted by Crippen LogP contribution is 2.22. The fourth-order valence-electron chi connectivity index (χ4n) is 1.70. The third kappa shape index (κ3) is 3.45. The van der Waals surface area contributed by atoms with E-state index >= 15 is 0 Å². The van der Waals surface area contributed by atoms with Crippen molar-refractivity contribution >= 4 is 5.78 Å². The van der Waals surface area contributed by atoms with Crippen molar-refractivity contribution in [3.05, 3.63) is 60.2 Å². The van der Waals surface area contributed by atoms with Gasteiger partial charge in [0.05, 0.1) is 0 Å². The molecule has 0 bridgehead atoms. The number of benzene rings is 2. The first-order chi connectivity index (χ1) is 8.78. The fourth-order valence-corrected chi connectivity index (χ4v) is 1.70. The van der Waals surface area contributed by atoms with E-state index in [0.717, 1.165) is 17.1 Å². The topological polar surface area (TPSA) is 26.3 Å². The SMILES string of the molecule is CCC(=O)Cc1cccc(Oc2ccccc2)c1. The molecular formula is C16H16O2. The monoisotopic (exact) mass is 240 g/mol. The molecule has 18 heavy (non-hydrogen) atoms. The van der Waals surface area contributed by atoms with Crippen molar-refractivity contribution in [1.82, 2.24) is 0 Å². The Hall–Kier alpha value is -2.09. The van der Waals surface area contributed by atoms with Crippen molar-refractivity contribution in [3.63, 3.8) is 0 Å². The molecule has 0 N–H and O–H groups in total. The van der Waals surface area contributed by atoms with Crippen LogP contribution in [0.3, 0.4) is 0 Å². The highest BCUT2D eigenvalue weighted by atomic mass is 16.5. The molecule has 2 aromatic rings. The summed E-state index contributed by atoms with van der Waals surface area (Å²) in [4.78, 5) is 11.4. The minimum Gasteiger partial charge on any atom is -0.457 e. The summed E-state index contributed by atoms with van der Waals surface area (Å²) in [6.07, 6.45) is 1.05. The van der Waals surface area contributed by atoms with Crippen LogP contribution in [-0.2, 0) is 11.2 Å². The predicted molar refractivity (Wildman–Crippen MR) is 72.0 cm³/mol. The van der Waals surface area contributed by atoms with E-state index in [4.69, 9.17) is 4.74 Å². The number of Topliss-reactive ketones (excluding diaryl/α,β-unsaturated/α-hetero) is 1. The maximum atomic E-state index is 11.4. The van der Waals surface area contributed by atoms with Crippen LogP contribution >= 0.6 is 0 Å². The van der Waals surface area contributed by atoms with Crippen LogP contribution < -0.4 is 4.74 Å². The van der Waals surface area contributed by atoms with Crippen molar-refractivity contribution in [2.45, 2.75) is 19.8 Å². The van der Waals surface area contributed by atoms with E-state index in [9.17, 15) is 4.79 Å². The van der Waals surface area contributed by atoms with Gasteiger partial charge in [-0.1, -0.05) is 37.3 Å². The van der Waals surface area contributed by atoms with E-state index < -0.39 is 0 Å². The zero-order valence-electron chi connectivity index (χ0n) is 10.4. The van der Waals surface area contributed by atoms with Gasteiger partial charge in [0.15, 0.2) is 0 Å². The van der Waals surface area contributed by atoms with Gasteiger partial charge in [-0.05, 0) is 29.8 Å². The van der Waals surface area contributed by atoms with Crippen LogP contribution in [-0.4, -0.2) is 5.78 Å². The van der Waals surface area contributed by atoms with Crippen molar-refractivity contribution in [2.75, 3.05) is 0 Å². The summed E-state index contributed by atoms with van der Waals surface area (Å²) >= 11 is 0. The average Bonchev–Trinajstić information content (AvgIpc) is 2.40. The smallest absolute Gasteiger partial charge is 0.136 e. The molecule has 2 heteroatoms. The maximum absolute atomic E-state index is 11.4. The quantitative estimate of drug-likeness (QED) is 0.789. The standard InChI is InChI=1S/C16H16O2/c1-2-14(17)11-13-7-6-10-16(12-13)18-15-8-4-3-5-9-15/h3-10,12H,2,11H2,1H3. The van der Waals surface area contributed by atoms with Crippen LogP contribution in [0.5, 0.6) is 11.5 Å². The highest BCUT2D eigenvalue weighted by Gasteiger charge is 2.03. The summed E-state index contributed by atoms with van der Waals surface area (Å²) in [6.45, 7) is 1.88. The normalized spacial score (nSPS) is 10.1. The van der Waals surface area contributed by atoms with Crippen molar-refractivity contribution in [3.8, 4) is 11.5 Å². The Bertz CT molecular complexity index is 518. The molecule has 0 aromatic heterocycles. The zero-order valence-corrected chi connectivity index (χ0v) is 10.4. The van der Waals surface area contributed by atoms with E-state index in [-0.39, 0.29) is 5.78 Å². The Balaban J connectivity index is 2.10. The van der Waals surface area contributed by atoms with Gasteiger partial charge >= 0.3 is 0 Å². The average molecular weight is 240 g/mol. The number of hydrogen-bond donors (Lipinski definition) is 0. The summed E-state index contributed by atoms with van der Waals surface area (Å²) < 4.78 is 5.72. The molecule has 0 aliphatic heterocycles. The minimum atomic E-state index is 0.242. The van der Waals surface area contributed by atoms with Crippen LogP contribution in [0.2, 0.25) is 0 Å². The molecule has 0 aliphatic carbocycles. The number of ether oxygens (including phenoxy) is 1. The van der Waals surface area contributed by atoms with Crippen molar-refractivity contribution in [2.24, 2.45) is 0 Å². The lowest BCUT2D eigenvalue weighted by Crippen LogP contribution is -2.00.